The van der Waals surface area contributed by atoms with Crippen LogP contribution in [-0.2, 0) is 4.79 Å². The van der Waals surface area contributed by atoms with Crippen molar-refractivity contribution < 1.29 is 4.79 Å². The molecule has 210 valence electrons. The molecule has 0 aliphatic carbocycles. The maximum atomic E-state index is 12.4. The third-order valence-electron chi connectivity index (χ3n) is 6.75. The molecule has 4 N–H and O–H groups in total. The molecule has 1 atom stereocenters. The number of fused-ring (bicyclic) bond motifs is 1. The average molecular weight is 605 g/mol. The highest BCUT2D eigenvalue weighted by atomic mass is 35.5. The van der Waals surface area contributed by atoms with E-state index in [4.69, 9.17) is 27.3 Å². The molecule has 1 fully saturated rings. The highest BCUT2D eigenvalue weighted by Gasteiger charge is 2.24. The number of carbonyl (C=O) groups is 1. The fraction of sp³-hybridized carbons (Fsp3) is 0.241. The molecular weight excluding hydrogens is 576 g/mol. The largest absolute Gasteiger partial charge is 0.350 e. The molecule has 0 saturated carbocycles. The van der Waals surface area contributed by atoms with E-state index in [1.54, 1.807) is 29.5 Å². The van der Waals surface area contributed by atoms with Gasteiger partial charge in [-0.1, -0.05) is 29.8 Å². The summed E-state index contributed by atoms with van der Waals surface area (Å²) in [6, 6.07) is 17.7. The minimum Gasteiger partial charge on any atom is -0.350 e. The van der Waals surface area contributed by atoms with Crippen LogP contribution in [0.15, 0.2) is 77.3 Å². The number of para-hydroxylation sites is 1. The number of anilines is 2. The van der Waals surface area contributed by atoms with Crippen molar-refractivity contribution >= 4 is 57.4 Å². The van der Waals surface area contributed by atoms with Crippen LogP contribution in [0.4, 0.5) is 11.6 Å². The van der Waals surface area contributed by atoms with Crippen molar-refractivity contribution in [3.05, 3.63) is 77.4 Å². The number of carbonyl (C=O) groups excluding carboxylic acids is 1. The molecule has 5 aromatic rings. The molecule has 0 radical (unpaired) electrons. The van der Waals surface area contributed by atoms with Crippen LogP contribution in [-0.4, -0.2) is 55.2 Å². The number of benzene rings is 2. The summed E-state index contributed by atoms with van der Waals surface area (Å²) in [6.45, 7) is 2.17. The Bertz CT molecular complexity index is 1650. The van der Waals surface area contributed by atoms with Gasteiger partial charge in [-0.05, 0) is 61.2 Å². The van der Waals surface area contributed by atoms with Crippen LogP contribution in [0.2, 0.25) is 5.02 Å². The Morgan fingerprint density at radius 1 is 1.15 bits per heavy atom. The number of rotatable bonds is 9. The van der Waals surface area contributed by atoms with Crippen LogP contribution < -0.4 is 16.4 Å². The van der Waals surface area contributed by atoms with Crippen LogP contribution in [0.25, 0.3) is 27.6 Å². The maximum absolute atomic E-state index is 12.4. The Kier molecular flexibility index (Phi) is 8.49. The lowest BCUT2D eigenvalue weighted by Crippen LogP contribution is -2.38. The van der Waals surface area contributed by atoms with Gasteiger partial charge in [0.15, 0.2) is 4.96 Å². The van der Waals surface area contributed by atoms with Crippen LogP contribution in [0, 0.1) is 0 Å². The molecule has 3 aromatic heterocycles. The van der Waals surface area contributed by atoms with Gasteiger partial charge in [0.25, 0.3) is 0 Å². The van der Waals surface area contributed by atoms with Gasteiger partial charge in [0.1, 0.15) is 11.4 Å². The molecule has 2 aromatic carbocycles. The summed E-state index contributed by atoms with van der Waals surface area (Å²) in [4.78, 5) is 28.8. The molecular formula is C29H29ClN8OS2. The Hall–Kier alpha value is -3.48. The number of halogens is 1. The predicted octanol–water partition coefficient (Wildman–Crippen LogP) is 6.04. The lowest BCUT2D eigenvalue weighted by Gasteiger charge is -2.32. The number of hydrogen-bond donors (Lipinski definition) is 3. The van der Waals surface area contributed by atoms with Gasteiger partial charge >= 0.3 is 0 Å². The van der Waals surface area contributed by atoms with Crippen LogP contribution in [0.3, 0.4) is 0 Å². The molecule has 0 bridgehead atoms. The van der Waals surface area contributed by atoms with Gasteiger partial charge in [0.05, 0.1) is 11.4 Å². The number of thiazole rings is 1. The average Bonchev–Trinajstić information content (AvgIpc) is 3.57. The number of nitrogens with one attached hydrogen (secondary N) is 2. The second-order valence-electron chi connectivity index (χ2n) is 9.68. The summed E-state index contributed by atoms with van der Waals surface area (Å²) in [5.41, 5.74) is 9.43. The topological polar surface area (TPSA) is 113 Å². The SMILES string of the molecule is NCCC(=O)Nc1ccccc1-c1nc2sccn2c1-c1ccnc(N[C@@H]2CCCN(Sc3ccc(Cl)cc3)C2)n1. The predicted molar refractivity (Wildman–Crippen MR) is 167 cm³/mol. The van der Waals surface area contributed by atoms with Crippen molar-refractivity contribution in [3.63, 3.8) is 0 Å². The van der Waals surface area contributed by atoms with Gasteiger partial charge in [0, 0.05) is 65.4 Å². The lowest BCUT2D eigenvalue weighted by molar-refractivity contribution is -0.116. The van der Waals surface area contributed by atoms with E-state index in [1.165, 1.54) is 4.90 Å². The maximum Gasteiger partial charge on any atom is 0.225 e. The summed E-state index contributed by atoms with van der Waals surface area (Å²) in [5.74, 6) is 0.443. The number of hydrogen-bond acceptors (Lipinski definition) is 9. The van der Waals surface area contributed by atoms with Gasteiger partial charge in [0.2, 0.25) is 11.9 Å². The van der Waals surface area contributed by atoms with Crippen molar-refractivity contribution in [1.82, 2.24) is 23.7 Å². The second-order valence-corrected chi connectivity index (χ2v) is 12.2. The normalized spacial score (nSPS) is 15.7. The Morgan fingerprint density at radius 3 is 2.85 bits per heavy atom. The molecule has 1 aliphatic rings. The molecule has 4 heterocycles. The molecule has 6 rings (SSSR count). The van der Waals surface area contributed by atoms with Gasteiger partial charge in [-0.3, -0.25) is 9.20 Å². The minimum atomic E-state index is -0.133. The quantitative estimate of drug-likeness (QED) is 0.174. The number of nitrogens with two attached hydrogens (primary N) is 1. The van der Waals surface area contributed by atoms with E-state index in [9.17, 15) is 4.79 Å². The first kappa shape index (κ1) is 27.7. The van der Waals surface area contributed by atoms with Crippen LogP contribution in [0.1, 0.15) is 19.3 Å². The minimum absolute atomic E-state index is 0.133. The molecule has 1 amide bonds. The molecule has 9 nitrogen and oxygen atoms in total. The van der Waals surface area contributed by atoms with Crippen molar-refractivity contribution in [1.29, 1.82) is 0 Å². The summed E-state index contributed by atoms with van der Waals surface area (Å²) in [6.07, 6.45) is 6.12. The van der Waals surface area contributed by atoms with E-state index in [0.29, 0.717) is 11.6 Å². The van der Waals surface area contributed by atoms with E-state index >= 15 is 0 Å². The van der Waals surface area contributed by atoms with Crippen LogP contribution >= 0.6 is 34.9 Å². The highest BCUT2D eigenvalue weighted by molar-refractivity contribution is 7.97. The summed E-state index contributed by atoms with van der Waals surface area (Å²) in [5, 5.41) is 9.30. The Balaban J connectivity index is 1.26. The molecule has 12 heteroatoms. The molecule has 0 unspecified atom stereocenters. The zero-order chi connectivity index (χ0) is 28.2. The van der Waals surface area contributed by atoms with E-state index in [2.05, 4.69) is 19.9 Å². The van der Waals surface area contributed by atoms with Gasteiger partial charge < -0.3 is 16.4 Å². The molecule has 1 aliphatic heterocycles. The number of amides is 1. The first-order valence-electron chi connectivity index (χ1n) is 13.4. The fourth-order valence-electron chi connectivity index (χ4n) is 4.89. The first-order valence-corrected chi connectivity index (χ1v) is 15.4. The summed E-state index contributed by atoms with van der Waals surface area (Å²) < 4.78 is 4.41. The van der Waals surface area contributed by atoms with Gasteiger partial charge in [-0.15, -0.1) is 11.3 Å². The van der Waals surface area contributed by atoms with E-state index < -0.39 is 0 Å². The second kappa shape index (κ2) is 12.6. The van der Waals surface area contributed by atoms with Crippen LogP contribution in [0.5, 0.6) is 0 Å². The highest BCUT2D eigenvalue weighted by Crippen LogP contribution is 2.37. The van der Waals surface area contributed by atoms with E-state index in [1.807, 2.05) is 70.6 Å². The van der Waals surface area contributed by atoms with Gasteiger partial charge in [-0.25, -0.2) is 19.3 Å². The Morgan fingerprint density at radius 2 is 2.00 bits per heavy atom. The smallest absolute Gasteiger partial charge is 0.225 e. The summed E-state index contributed by atoms with van der Waals surface area (Å²) >= 11 is 9.35. The summed E-state index contributed by atoms with van der Waals surface area (Å²) in [7, 11) is 0. The standard InChI is InChI=1S/C29H29ClN8OS2/c30-19-7-9-21(10-8-19)41-37-15-3-4-20(18-37)33-28-32-14-12-24(35-28)27-26(36-29-38(27)16-17-40-29)22-5-1-2-6-23(22)34-25(39)11-13-31/h1-2,5-10,12,14,16-17,20H,3-4,11,13,15,18,31H2,(H,34,39)(H,32,33,35)/t20-/m1/s1. The Labute approximate surface area is 251 Å². The van der Waals surface area contributed by atoms with Crippen molar-refractivity contribution in [2.24, 2.45) is 5.73 Å². The van der Waals surface area contributed by atoms with Crippen molar-refractivity contribution in [2.45, 2.75) is 30.2 Å². The van der Waals surface area contributed by atoms with E-state index in [-0.39, 0.29) is 24.9 Å². The van der Waals surface area contributed by atoms with E-state index in [0.717, 1.165) is 58.6 Å². The zero-order valence-electron chi connectivity index (χ0n) is 22.2. The monoisotopic (exact) mass is 604 g/mol. The van der Waals surface area contributed by atoms with Gasteiger partial charge in [-0.2, -0.15) is 0 Å². The van der Waals surface area contributed by atoms with Crippen molar-refractivity contribution in [2.75, 3.05) is 30.3 Å². The third kappa shape index (κ3) is 6.39. The number of piperidine rings is 1. The number of imidazole rings is 1. The fourth-order valence-corrected chi connectivity index (χ4v) is 6.76. The van der Waals surface area contributed by atoms with Crippen molar-refractivity contribution in [3.8, 4) is 22.6 Å². The zero-order valence-corrected chi connectivity index (χ0v) is 24.6. The molecule has 0 spiro atoms. The number of aromatic nitrogens is 4. The molecule has 41 heavy (non-hydrogen) atoms. The number of nitrogens with zero attached hydrogens (tertiary/aromatic N) is 5. The third-order valence-corrected chi connectivity index (χ3v) is 8.83. The lowest BCUT2D eigenvalue weighted by atomic mass is 10.1. The first-order chi connectivity index (χ1) is 20.1. The molecule has 1 saturated heterocycles.